The number of thiocarbonyl (C=S) groups is 1. The predicted octanol–water partition coefficient (Wildman–Crippen LogP) is 2.69. The zero-order valence-electron chi connectivity index (χ0n) is 9.34. The molecular formula is C11H15BrN2OS. The highest BCUT2D eigenvalue weighted by atomic mass is 79.9. The van der Waals surface area contributed by atoms with E-state index in [2.05, 4.69) is 26.6 Å². The Bertz CT molecular complexity index is 371. The lowest BCUT2D eigenvalue weighted by Crippen LogP contribution is -2.31. The van der Waals surface area contributed by atoms with Gasteiger partial charge in [-0.05, 0) is 52.8 Å². The summed E-state index contributed by atoms with van der Waals surface area (Å²) in [6, 6.07) is 6.06. The number of halogens is 1. The molecule has 0 aliphatic heterocycles. The minimum Gasteiger partial charge on any atom is -0.383 e. The molecule has 0 unspecified atom stereocenters. The van der Waals surface area contributed by atoms with Crippen LogP contribution in [0.5, 0.6) is 0 Å². The molecule has 0 radical (unpaired) electrons. The van der Waals surface area contributed by atoms with E-state index < -0.39 is 0 Å². The lowest BCUT2D eigenvalue weighted by Gasteiger charge is -2.11. The number of aryl methyl sites for hydroxylation is 1. The third kappa shape index (κ3) is 4.47. The second-order valence-corrected chi connectivity index (χ2v) is 4.62. The highest BCUT2D eigenvalue weighted by Crippen LogP contribution is 2.23. The van der Waals surface area contributed by atoms with Gasteiger partial charge >= 0.3 is 0 Å². The van der Waals surface area contributed by atoms with Crippen molar-refractivity contribution in [2.24, 2.45) is 0 Å². The van der Waals surface area contributed by atoms with Gasteiger partial charge in [0.15, 0.2) is 5.11 Å². The average Bonchev–Trinajstić information content (AvgIpc) is 2.23. The average molecular weight is 303 g/mol. The van der Waals surface area contributed by atoms with Gasteiger partial charge in [0, 0.05) is 18.1 Å². The molecule has 0 amide bonds. The largest absolute Gasteiger partial charge is 0.383 e. The Morgan fingerprint density at radius 3 is 2.88 bits per heavy atom. The summed E-state index contributed by atoms with van der Waals surface area (Å²) in [6.07, 6.45) is 0. The lowest BCUT2D eigenvalue weighted by molar-refractivity contribution is 0.204. The van der Waals surface area contributed by atoms with Crippen molar-refractivity contribution in [2.75, 3.05) is 25.6 Å². The van der Waals surface area contributed by atoms with Gasteiger partial charge in [0.2, 0.25) is 0 Å². The van der Waals surface area contributed by atoms with Crippen LogP contribution in [0, 0.1) is 6.92 Å². The van der Waals surface area contributed by atoms with Gasteiger partial charge in [0.05, 0.1) is 12.3 Å². The first kappa shape index (κ1) is 13.4. The molecule has 0 atom stereocenters. The van der Waals surface area contributed by atoms with E-state index in [0.717, 1.165) is 10.2 Å². The normalized spacial score (nSPS) is 9.94. The van der Waals surface area contributed by atoms with Crippen molar-refractivity contribution in [3.63, 3.8) is 0 Å². The summed E-state index contributed by atoms with van der Waals surface area (Å²) in [4.78, 5) is 0. The maximum atomic E-state index is 5.14. The standard InChI is InChI=1S/C11H15BrN2OS/c1-8-3-4-10(9(12)7-8)14-11(16)13-5-6-15-2/h3-4,7H,5-6H2,1-2H3,(H2,13,14,16). The number of nitrogens with one attached hydrogen (secondary N) is 2. The van der Waals surface area contributed by atoms with Crippen LogP contribution in [0.15, 0.2) is 22.7 Å². The van der Waals surface area contributed by atoms with Crippen LogP contribution in [-0.4, -0.2) is 25.4 Å². The molecule has 0 saturated carbocycles. The SMILES string of the molecule is COCCNC(=S)Nc1ccc(C)cc1Br. The summed E-state index contributed by atoms with van der Waals surface area (Å²) in [6.45, 7) is 3.38. The van der Waals surface area contributed by atoms with E-state index >= 15 is 0 Å². The molecule has 0 heterocycles. The number of methoxy groups -OCH3 is 1. The Labute approximate surface area is 110 Å². The van der Waals surface area contributed by atoms with Gasteiger partial charge in [-0.25, -0.2) is 0 Å². The van der Waals surface area contributed by atoms with Crippen LogP contribution in [-0.2, 0) is 4.74 Å². The second kappa shape index (κ2) is 6.83. The number of rotatable bonds is 4. The molecule has 16 heavy (non-hydrogen) atoms. The Morgan fingerprint density at radius 2 is 2.25 bits per heavy atom. The fourth-order valence-electron chi connectivity index (χ4n) is 1.15. The highest BCUT2D eigenvalue weighted by molar-refractivity contribution is 9.10. The summed E-state index contributed by atoms with van der Waals surface area (Å²) in [5.41, 5.74) is 2.16. The van der Waals surface area contributed by atoms with Crippen molar-refractivity contribution in [1.29, 1.82) is 0 Å². The molecule has 1 rings (SSSR count). The molecule has 0 saturated heterocycles. The number of benzene rings is 1. The van der Waals surface area contributed by atoms with E-state index in [9.17, 15) is 0 Å². The van der Waals surface area contributed by atoms with Crippen LogP contribution in [0.3, 0.4) is 0 Å². The van der Waals surface area contributed by atoms with Gasteiger partial charge in [-0.3, -0.25) is 0 Å². The lowest BCUT2D eigenvalue weighted by atomic mass is 10.2. The first-order chi connectivity index (χ1) is 7.63. The van der Waals surface area contributed by atoms with Gasteiger partial charge in [-0.1, -0.05) is 6.07 Å². The Hall–Kier alpha value is -0.650. The molecule has 0 aliphatic carbocycles. The molecule has 0 spiro atoms. The van der Waals surface area contributed by atoms with Crippen LogP contribution in [0.2, 0.25) is 0 Å². The molecule has 3 nitrogen and oxygen atoms in total. The van der Waals surface area contributed by atoms with Crippen LogP contribution >= 0.6 is 28.1 Å². The van der Waals surface area contributed by atoms with Crippen LogP contribution < -0.4 is 10.6 Å². The number of ether oxygens (including phenoxy) is 1. The molecule has 0 bridgehead atoms. The molecule has 1 aromatic rings. The molecular weight excluding hydrogens is 288 g/mol. The Kier molecular flexibility index (Phi) is 5.73. The predicted molar refractivity (Wildman–Crippen MR) is 75.0 cm³/mol. The van der Waals surface area contributed by atoms with Gasteiger partial charge < -0.3 is 15.4 Å². The van der Waals surface area contributed by atoms with Crippen LogP contribution in [0.1, 0.15) is 5.56 Å². The topological polar surface area (TPSA) is 33.3 Å². The monoisotopic (exact) mass is 302 g/mol. The maximum Gasteiger partial charge on any atom is 0.170 e. The second-order valence-electron chi connectivity index (χ2n) is 3.36. The van der Waals surface area contributed by atoms with Crippen molar-refractivity contribution in [3.05, 3.63) is 28.2 Å². The highest BCUT2D eigenvalue weighted by Gasteiger charge is 2.01. The third-order valence-corrected chi connectivity index (χ3v) is 2.87. The first-order valence-corrected chi connectivity index (χ1v) is 6.13. The molecule has 2 N–H and O–H groups in total. The van der Waals surface area contributed by atoms with Gasteiger partial charge in [0.25, 0.3) is 0 Å². The zero-order valence-corrected chi connectivity index (χ0v) is 11.7. The minimum absolute atomic E-state index is 0.599. The fourth-order valence-corrected chi connectivity index (χ4v) is 1.96. The molecule has 1 aromatic carbocycles. The maximum absolute atomic E-state index is 5.14. The first-order valence-electron chi connectivity index (χ1n) is 4.93. The van der Waals surface area contributed by atoms with Crippen molar-refractivity contribution < 1.29 is 4.74 Å². The van der Waals surface area contributed by atoms with E-state index in [0.29, 0.717) is 18.3 Å². The quantitative estimate of drug-likeness (QED) is 0.662. The van der Waals surface area contributed by atoms with Crippen LogP contribution in [0.25, 0.3) is 0 Å². The van der Waals surface area contributed by atoms with Crippen molar-refractivity contribution in [3.8, 4) is 0 Å². The fraction of sp³-hybridized carbons (Fsp3) is 0.364. The van der Waals surface area contributed by atoms with Crippen molar-refractivity contribution in [2.45, 2.75) is 6.92 Å². The van der Waals surface area contributed by atoms with Gasteiger partial charge in [-0.15, -0.1) is 0 Å². The molecule has 5 heteroatoms. The zero-order chi connectivity index (χ0) is 12.0. The summed E-state index contributed by atoms with van der Waals surface area (Å²) in [5, 5.41) is 6.76. The summed E-state index contributed by atoms with van der Waals surface area (Å²) in [7, 11) is 1.66. The summed E-state index contributed by atoms with van der Waals surface area (Å²) in [5.74, 6) is 0. The van der Waals surface area contributed by atoms with Gasteiger partial charge in [0.1, 0.15) is 0 Å². The van der Waals surface area contributed by atoms with Crippen molar-refractivity contribution in [1.82, 2.24) is 5.32 Å². The molecule has 0 aromatic heterocycles. The van der Waals surface area contributed by atoms with Crippen molar-refractivity contribution >= 4 is 38.9 Å². The smallest absolute Gasteiger partial charge is 0.170 e. The van der Waals surface area contributed by atoms with Gasteiger partial charge in [-0.2, -0.15) is 0 Å². The third-order valence-electron chi connectivity index (χ3n) is 1.96. The minimum atomic E-state index is 0.599. The van der Waals surface area contributed by atoms with E-state index in [1.54, 1.807) is 7.11 Å². The molecule has 88 valence electrons. The number of hydrogen-bond acceptors (Lipinski definition) is 2. The van der Waals surface area contributed by atoms with Crippen LogP contribution in [0.4, 0.5) is 5.69 Å². The Balaban J connectivity index is 2.49. The summed E-state index contributed by atoms with van der Waals surface area (Å²) < 4.78 is 5.93. The van der Waals surface area contributed by atoms with E-state index in [1.807, 2.05) is 25.1 Å². The summed E-state index contributed by atoms with van der Waals surface area (Å²) >= 11 is 8.63. The van der Waals surface area contributed by atoms with E-state index in [1.165, 1.54) is 5.56 Å². The number of hydrogen-bond donors (Lipinski definition) is 2. The van der Waals surface area contributed by atoms with E-state index in [4.69, 9.17) is 17.0 Å². The van der Waals surface area contributed by atoms with E-state index in [-0.39, 0.29) is 0 Å². The molecule has 0 fully saturated rings. The molecule has 0 aliphatic rings. The Morgan fingerprint density at radius 1 is 1.50 bits per heavy atom. The number of anilines is 1.